The summed E-state index contributed by atoms with van der Waals surface area (Å²) in [4.78, 5) is 10.7. The van der Waals surface area contributed by atoms with Gasteiger partial charge >= 0.3 is 5.97 Å². The molecule has 3 heteroatoms. The third-order valence-electron chi connectivity index (χ3n) is 2.07. The van der Waals surface area contributed by atoms with Gasteiger partial charge in [0.2, 0.25) is 0 Å². The quantitative estimate of drug-likeness (QED) is 0.486. The molecule has 1 N–H and O–H groups in total. The zero-order chi connectivity index (χ0) is 6.43. The molecule has 0 amide bonds. The average Bonchev–Trinajstić information content (AvgIpc) is 2.56. The molecule has 50 valence electrons. The van der Waals surface area contributed by atoms with Gasteiger partial charge in [-0.1, -0.05) is 0 Å². The lowest BCUT2D eigenvalue weighted by molar-refractivity contribution is -0.146. The van der Waals surface area contributed by atoms with Gasteiger partial charge in [0.15, 0.2) is 0 Å². The molecule has 0 radical (unpaired) electrons. The molecule has 3 nitrogen and oxygen atoms in total. The smallest absolute Gasteiger partial charge is 0.309 e. The summed E-state index contributed by atoms with van der Waals surface area (Å²) in [7, 11) is 0. The molecule has 1 aliphatic heterocycles. The van der Waals surface area contributed by atoms with Crippen molar-refractivity contribution in [1.29, 1.82) is 0 Å². The van der Waals surface area contributed by atoms with Crippen molar-refractivity contribution in [3.63, 3.8) is 0 Å². The van der Waals surface area contributed by atoms with Gasteiger partial charge in [0.05, 0.1) is 12.5 Å². The number of carbonyl (C=O) groups is 1. The largest absolute Gasteiger partial charge is 0.459 e. The van der Waals surface area contributed by atoms with E-state index in [0.29, 0.717) is 5.92 Å². The molecular weight excluding hydrogens is 120 g/mol. The predicted molar refractivity (Wildman–Crippen MR) is 28.6 cm³/mol. The third kappa shape index (κ3) is 0.580. The maximum atomic E-state index is 10.7. The number of aliphatic hydroxyl groups excluding tert-OH is 1. The Morgan fingerprint density at radius 1 is 1.78 bits per heavy atom. The maximum absolute atomic E-state index is 10.7. The average molecular weight is 128 g/mol. The van der Waals surface area contributed by atoms with E-state index in [9.17, 15) is 4.79 Å². The number of hydrogen-bond donors (Lipinski definition) is 1. The van der Waals surface area contributed by atoms with Crippen LogP contribution < -0.4 is 0 Å². The highest BCUT2D eigenvalue weighted by Gasteiger charge is 2.56. The van der Waals surface area contributed by atoms with E-state index in [-0.39, 0.29) is 24.6 Å². The molecule has 0 aromatic rings. The summed E-state index contributed by atoms with van der Waals surface area (Å²) in [6.07, 6.45) is 0.756. The van der Waals surface area contributed by atoms with Crippen LogP contribution in [0.1, 0.15) is 6.42 Å². The molecule has 2 fully saturated rings. The zero-order valence-electron chi connectivity index (χ0n) is 4.91. The Bertz CT molecular complexity index is 154. The van der Waals surface area contributed by atoms with Crippen LogP contribution in [0.3, 0.4) is 0 Å². The topological polar surface area (TPSA) is 46.5 Å². The summed E-state index contributed by atoms with van der Waals surface area (Å²) in [5, 5.41) is 8.60. The molecule has 0 bridgehead atoms. The second-order valence-corrected chi connectivity index (χ2v) is 2.66. The number of hydrogen-bond acceptors (Lipinski definition) is 3. The normalized spacial score (nSPS) is 46.3. The van der Waals surface area contributed by atoms with Gasteiger partial charge in [-0.3, -0.25) is 4.79 Å². The van der Waals surface area contributed by atoms with E-state index in [4.69, 9.17) is 9.84 Å². The highest BCUT2D eigenvalue weighted by atomic mass is 16.6. The van der Waals surface area contributed by atoms with Gasteiger partial charge in [0.1, 0.15) is 6.10 Å². The molecule has 1 saturated heterocycles. The highest BCUT2D eigenvalue weighted by Crippen LogP contribution is 2.48. The van der Waals surface area contributed by atoms with Gasteiger partial charge in [-0.25, -0.2) is 0 Å². The van der Waals surface area contributed by atoms with Crippen LogP contribution in [0.15, 0.2) is 0 Å². The number of carbonyl (C=O) groups excluding carboxylic acids is 1. The molecule has 3 atom stereocenters. The molecule has 2 rings (SSSR count). The first kappa shape index (κ1) is 5.23. The van der Waals surface area contributed by atoms with Gasteiger partial charge < -0.3 is 9.84 Å². The number of fused-ring (bicyclic) bond motifs is 1. The lowest BCUT2D eigenvalue weighted by Gasteiger charge is -2.06. The first-order chi connectivity index (χ1) is 4.33. The van der Waals surface area contributed by atoms with E-state index >= 15 is 0 Å². The second kappa shape index (κ2) is 1.48. The number of ether oxygens (including phenoxy) is 1. The van der Waals surface area contributed by atoms with Crippen molar-refractivity contribution in [1.82, 2.24) is 0 Å². The van der Waals surface area contributed by atoms with Crippen molar-refractivity contribution in [2.45, 2.75) is 12.5 Å². The van der Waals surface area contributed by atoms with Crippen molar-refractivity contribution in [3.05, 3.63) is 0 Å². The summed E-state index contributed by atoms with van der Waals surface area (Å²) < 4.78 is 4.78. The Morgan fingerprint density at radius 2 is 2.56 bits per heavy atom. The van der Waals surface area contributed by atoms with Crippen LogP contribution in [0.25, 0.3) is 0 Å². The molecule has 0 unspecified atom stereocenters. The van der Waals surface area contributed by atoms with E-state index in [1.807, 2.05) is 0 Å². The summed E-state index contributed by atoms with van der Waals surface area (Å²) in [5.41, 5.74) is 0. The second-order valence-electron chi connectivity index (χ2n) is 2.66. The fourth-order valence-corrected chi connectivity index (χ4v) is 1.39. The molecule has 1 aliphatic carbocycles. The minimum atomic E-state index is -0.178. The van der Waals surface area contributed by atoms with Gasteiger partial charge in [-0.15, -0.1) is 0 Å². The van der Waals surface area contributed by atoms with Crippen molar-refractivity contribution >= 4 is 5.97 Å². The molecule has 0 spiro atoms. The summed E-state index contributed by atoms with van der Waals surface area (Å²) in [6.45, 7) is -0.00704. The molecule has 0 aromatic heterocycles. The van der Waals surface area contributed by atoms with Crippen molar-refractivity contribution < 1.29 is 14.6 Å². The van der Waals surface area contributed by atoms with Crippen LogP contribution in [0, 0.1) is 11.8 Å². The highest BCUT2D eigenvalue weighted by molar-refractivity contribution is 5.78. The first-order valence-electron chi connectivity index (χ1n) is 3.14. The minimum absolute atomic E-state index is 0.00704. The molecule has 1 heterocycles. The van der Waals surface area contributed by atoms with E-state index in [1.165, 1.54) is 0 Å². The lowest BCUT2D eigenvalue weighted by Crippen LogP contribution is -2.16. The summed E-state index contributed by atoms with van der Waals surface area (Å²) >= 11 is 0. The van der Waals surface area contributed by atoms with Gasteiger partial charge in [0.25, 0.3) is 0 Å². The SMILES string of the molecule is O=C1O[C@H](CO)[C@H]2C[C@@H]12. The molecular formula is C6H8O3. The lowest BCUT2D eigenvalue weighted by atomic mass is 10.2. The third-order valence-corrected chi connectivity index (χ3v) is 2.07. The monoisotopic (exact) mass is 128 g/mol. The van der Waals surface area contributed by atoms with E-state index < -0.39 is 0 Å². The van der Waals surface area contributed by atoms with Crippen molar-refractivity contribution in [3.8, 4) is 0 Å². The standard InChI is InChI=1S/C6H8O3/c7-2-5-3-1-4(3)6(8)9-5/h3-5,7H,1-2H2/t3-,4+,5+/m0/s1. The first-order valence-corrected chi connectivity index (χ1v) is 3.14. The van der Waals surface area contributed by atoms with E-state index in [0.717, 1.165) is 6.42 Å². The number of aliphatic hydroxyl groups is 1. The zero-order valence-corrected chi connectivity index (χ0v) is 4.91. The Hall–Kier alpha value is -0.570. The number of cyclic esters (lactones) is 1. The van der Waals surface area contributed by atoms with Crippen LogP contribution in [-0.4, -0.2) is 23.8 Å². The van der Waals surface area contributed by atoms with Crippen LogP contribution in [-0.2, 0) is 9.53 Å². The predicted octanol–water partition coefficient (Wildman–Crippen LogP) is -0.460. The Kier molecular flexibility index (Phi) is 0.858. The molecule has 1 saturated carbocycles. The number of rotatable bonds is 1. The Labute approximate surface area is 52.6 Å². The van der Waals surface area contributed by atoms with Crippen molar-refractivity contribution in [2.75, 3.05) is 6.61 Å². The molecule has 0 aromatic carbocycles. The van der Waals surface area contributed by atoms with Crippen LogP contribution in [0.2, 0.25) is 0 Å². The molecule has 9 heavy (non-hydrogen) atoms. The van der Waals surface area contributed by atoms with Crippen LogP contribution in [0.5, 0.6) is 0 Å². The van der Waals surface area contributed by atoms with Gasteiger partial charge in [-0.2, -0.15) is 0 Å². The van der Waals surface area contributed by atoms with Crippen molar-refractivity contribution in [2.24, 2.45) is 11.8 Å². The van der Waals surface area contributed by atoms with Crippen LogP contribution >= 0.6 is 0 Å². The van der Waals surface area contributed by atoms with Gasteiger partial charge in [-0.05, 0) is 6.42 Å². The fraction of sp³-hybridized carbons (Fsp3) is 0.833. The van der Waals surface area contributed by atoms with Crippen LogP contribution in [0.4, 0.5) is 0 Å². The Morgan fingerprint density at radius 3 is 2.78 bits per heavy atom. The maximum Gasteiger partial charge on any atom is 0.309 e. The Balaban J connectivity index is 2.08. The van der Waals surface area contributed by atoms with E-state index in [2.05, 4.69) is 0 Å². The minimum Gasteiger partial charge on any atom is -0.459 e. The summed E-state index contributed by atoms with van der Waals surface area (Å²) in [5.74, 6) is 0.378. The fourth-order valence-electron chi connectivity index (χ4n) is 1.39. The molecule has 2 aliphatic rings. The van der Waals surface area contributed by atoms with E-state index in [1.54, 1.807) is 0 Å². The number of esters is 1. The van der Waals surface area contributed by atoms with Gasteiger partial charge in [0, 0.05) is 5.92 Å². The summed E-state index contributed by atoms with van der Waals surface area (Å²) in [6, 6.07) is 0.